The fraction of sp³-hybridized carbons (Fsp3) is 0.158. The molecule has 0 N–H and O–H groups in total. The summed E-state index contributed by atoms with van der Waals surface area (Å²) in [6.07, 6.45) is 0.467. The second-order valence-electron chi connectivity index (χ2n) is 6.11. The first kappa shape index (κ1) is 17.1. The number of pyridine rings is 2. The molecule has 0 aliphatic heterocycles. The van der Waals surface area contributed by atoms with Gasteiger partial charge in [-0.25, -0.2) is 9.50 Å². The van der Waals surface area contributed by atoms with Gasteiger partial charge >= 0.3 is 6.18 Å². The van der Waals surface area contributed by atoms with Crippen molar-refractivity contribution in [3.63, 3.8) is 0 Å². The first-order chi connectivity index (χ1) is 12.9. The summed E-state index contributed by atoms with van der Waals surface area (Å²) in [5.74, 6) is 0. The molecule has 0 aromatic carbocycles. The minimum absolute atomic E-state index is 0.353. The first-order valence-electron chi connectivity index (χ1n) is 8.19. The van der Waals surface area contributed by atoms with Crippen molar-refractivity contribution in [1.82, 2.24) is 24.6 Å². The Labute approximate surface area is 152 Å². The Morgan fingerprint density at radius 1 is 1.04 bits per heavy atom. The van der Waals surface area contributed by atoms with E-state index >= 15 is 0 Å². The van der Waals surface area contributed by atoms with Crippen molar-refractivity contribution in [3.8, 4) is 11.3 Å². The maximum atomic E-state index is 12.7. The monoisotopic (exact) mass is 369 g/mol. The largest absolute Gasteiger partial charge is 0.433 e. The van der Waals surface area contributed by atoms with E-state index in [4.69, 9.17) is 0 Å². The lowest BCUT2D eigenvalue weighted by Gasteiger charge is -2.11. The summed E-state index contributed by atoms with van der Waals surface area (Å²) in [7, 11) is 0. The van der Waals surface area contributed by atoms with Crippen LogP contribution in [-0.4, -0.2) is 24.6 Å². The molecule has 0 saturated heterocycles. The van der Waals surface area contributed by atoms with Crippen LogP contribution in [0, 0.1) is 6.92 Å². The summed E-state index contributed by atoms with van der Waals surface area (Å²) < 4.78 is 39.8. The Kier molecular flexibility index (Phi) is 4.10. The predicted molar refractivity (Wildman–Crippen MR) is 93.0 cm³/mol. The van der Waals surface area contributed by atoms with Crippen molar-refractivity contribution in [2.45, 2.75) is 19.5 Å². The zero-order chi connectivity index (χ0) is 19.0. The molecule has 0 bridgehead atoms. The second kappa shape index (κ2) is 6.46. The van der Waals surface area contributed by atoms with Crippen LogP contribution in [0.25, 0.3) is 16.9 Å². The van der Waals surface area contributed by atoms with E-state index in [2.05, 4.69) is 20.1 Å². The molecule has 4 heterocycles. The van der Waals surface area contributed by atoms with Crippen molar-refractivity contribution in [2.24, 2.45) is 0 Å². The van der Waals surface area contributed by atoms with Crippen LogP contribution in [0.4, 0.5) is 13.2 Å². The zero-order valence-electron chi connectivity index (χ0n) is 14.3. The van der Waals surface area contributed by atoms with Gasteiger partial charge in [0.15, 0.2) is 5.65 Å². The van der Waals surface area contributed by atoms with Gasteiger partial charge in [-0.3, -0.25) is 9.97 Å². The van der Waals surface area contributed by atoms with Gasteiger partial charge in [0.2, 0.25) is 0 Å². The molecule has 0 amide bonds. The van der Waals surface area contributed by atoms with Crippen LogP contribution in [0.5, 0.6) is 0 Å². The third-order valence-electron chi connectivity index (χ3n) is 4.14. The smallest absolute Gasteiger partial charge is 0.260 e. The quantitative estimate of drug-likeness (QED) is 0.545. The van der Waals surface area contributed by atoms with Gasteiger partial charge < -0.3 is 0 Å². The molecule has 4 aromatic rings. The van der Waals surface area contributed by atoms with E-state index in [-0.39, 0.29) is 0 Å². The van der Waals surface area contributed by atoms with Gasteiger partial charge in [0.1, 0.15) is 5.69 Å². The highest BCUT2D eigenvalue weighted by Gasteiger charge is 2.32. The highest BCUT2D eigenvalue weighted by atomic mass is 19.4. The molecule has 4 rings (SSSR count). The number of alkyl halides is 3. The lowest BCUT2D eigenvalue weighted by atomic mass is 10.0. The summed E-state index contributed by atoms with van der Waals surface area (Å²) in [5, 5.41) is 4.31. The first-order valence-corrected chi connectivity index (χ1v) is 8.19. The van der Waals surface area contributed by atoms with Crippen LogP contribution in [0.2, 0.25) is 0 Å². The average molecular weight is 369 g/mol. The van der Waals surface area contributed by atoms with Crippen LogP contribution >= 0.6 is 0 Å². The average Bonchev–Trinajstić information content (AvgIpc) is 3.09. The molecule has 0 saturated carbocycles. The van der Waals surface area contributed by atoms with E-state index in [9.17, 15) is 13.2 Å². The Balaban J connectivity index is 1.75. The number of nitrogens with zero attached hydrogens (tertiary/aromatic N) is 5. The lowest BCUT2D eigenvalue weighted by Crippen LogP contribution is -2.08. The lowest BCUT2D eigenvalue weighted by molar-refractivity contribution is -0.141. The number of hydrogen-bond donors (Lipinski definition) is 0. The van der Waals surface area contributed by atoms with Gasteiger partial charge in [-0.05, 0) is 36.8 Å². The number of hydrogen-bond acceptors (Lipinski definition) is 4. The number of halogens is 3. The molecule has 0 atom stereocenters. The Morgan fingerprint density at radius 3 is 2.63 bits per heavy atom. The molecular formula is C19H14F3N5. The predicted octanol–water partition coefficient (Wildman–Crippen LogP) is 4.10. The molecule has 0 aliphatic rings. The van der Waals surface area contributed by atoms with E-state index in [0.29, 0.717) is 12.0 Å². The molecule has 4 aromatic heterocycles. The Bertz CT molecular complexity index is 1100. The number of fused-ring (bicyclic) bond motifs is 1. The summed E-state index contributed by atoms with van der Waals surface area (Å²) in [6.45, 7) is 1.90. The fourth-order valence-electron chi connectivity index (χ4n) is 2.93. The SMILES string of the molecule is Cc1cc(-c2cccnc2Cc2ccc(C(F)(F)F)nc2)n2nccc2n1. The molecule has 5 nitrogen and oxygen atoms in total. The minimum atomic E-state index is -4.45. The van der Waals surface area contributed by atoms with Gasteiger partial charge in [0.25, 0.3) is 0 Å². The Hall–Kier alpha value is -3.29. The maximum absolute atomic E-state index is 12.7. The normalized spacial score (nSPS) is 11.9. The van der Waals surface area contributed by atoms with Gasteiger partial charge in [-0.15, -0.1) is 0 Å². The van der Waals surface area contributed by atoms with Crippen LogP contribution < -0.4 is 0 Å². The topological polar surface area (TPSA) is 56.0 Å². The van der Waals surface area contributed by atoms with Crippen molar-refractivity contribution >= 4 is 5.65 Å². The molecule has 27 heavy (non-hydrogen) atoms. The van der Waals surface area contributed by atoms with Crippen LogP contribution in [-0.2, 0) is 12.6 Å². The van der Waals surface area contributed by atoms with E-state index in [1.54, 1.807) is 16.9 Å². The van der Waals surface area contributed by atoms with Gasteiger partial charge in [-0.2, -0.15) is 18.3 Å². The Morgan fingerprint density at radius 2 is 1.89 bits per heavy atom. The van der Waals surface area contributed by atoms with E-state index in [0.717, 1.165) is 34.4 Å². The van der Waals surface area contributed by atoms with Crippen LogP contribution in [0.3, 0.4) is 0 Å². The summed E-state index contributed by atoms with van der Waals surface area (Å²) in [4.78, 5) is 12.4. The number of aromatic nitrogens is 5. The number of aryl methyl sites for hydroxylation is 1. The van der Waals surface area contributed by atoms with Crippen LogP contribution in [0.15, 0.2) is 55.0 Å². The van der Waals surface area contributed by atoms with Gasteiger partial charge in [0.05, 0.1) is 17.6 Å². The standard InChI is InChI=1S/C19H14F3N5/c1-12-9-16(27-18(26-12)6-8-25-27)14-3-2-7-23-15(14)10-13-4-5-17(24-11-13)19(20,21)22/h2-9,11H,10H2,1H3. The van der Waals surface area contributed by atoms with Crippen molar-refractivity contribution < 1.29 is 13.2 Å². The molecule has 8 heteroatoms. The van der Waals surface area contributed by atoms with Crippen LogP contribution in [0.1, 0.15) is 22.6 Å². The van der Waals surface area contributed by atoms with E-state index in [1.807, 2.05) is 31.2 Å². The molecular weight excluding hydrogens is 355 g/mol. The molecule has 0 radical (unpaired) electrons. The zero-order valence-corrected chi connectivity index (χ0v) is 14.3. The van der Waals surface area contributed by atoms with Gasteiger partial charge in [-0.1, -0.05) is 6.07 Å². The summed E-state index contributed by atoms with van der Waals surface area (Å²) in [6, 6.07) is 9.86. The molecule has 136 valence electrons. The molecule has 0 unspecified atom stereocenters. The number of rotatable bonds is 3. The van der Waals surface area contributed by atoms with Gasteiger partial charge in [0, 0.05) is 36.1 Å². The van der Waals surface area contributed by atoms with Crippen molar-refractivity contribution in [3.05, 3.63) is 77.6 Å². The third kappa shape index (κ3) is 3.38. The maximum Gasteiger partial charge on any atom is 0.433 e. The summed E-state index contributed by atoms with van der Waals surface area (Å²) >= 11 is 0. The van der Waals surface area contributed by atoms with E-state index < -0.39 is 11.9 Å². The molecule has 0 aliphatic carbocycles. The second-order valence-corrected chi connectivity index (χ2v) is 6.11. The minimum Gasteiger partial charge on any atom is -0.260 e. The highest BCUT2D eigenvalue weighted by Crippen LogP contribution is 2.28. The summed E-state index contributed by atoms with van der Waals surface area (Å²) in [5.41, 5.74) is 3.68. The molecule has 0 fully saturated rings. The van der Waals surface area contributed by atoms with Crippen molar-refractivity contribution in [2.75, 3.05) is 0 Å². The fourth-order valence-corrected chi connectivity index (χ4v) is 2.93. The van der Waals surface area contributed by atoms with Crippen molar-refractivity contribution in [1.29, 1.82) is 0 Å². The highest BCUT2D eigenvalue weighted by molar-refractivity contribution is 5.65. The van der Waals surface area contributed by atoms with E-state index in [1.165, 1.54) is 12.3 Å². The molecule has 0 spiro atoms. The third-order valence-corrected chi connectivity index (χ3v) is 4.14.